The summed E-state index contributed by atoms with van der Waals surface area (Å²) in [6, 6.07) is 4.20. The van der Waals surface area contributed by atoms with Gasteiger partial charge in [-0.05, 0) is 6.07 Å². The van der Waals surface area contributed by atoms with E-state index in [2.05, 4.69) is 25.5 Å². The van der Waals surface area contributed by atoms with Crippen LogP contribution in [0, 0.1) is 10.1 Å². The maximum atomic E-state index is 11.0. The highest BCUT2D eigenvalue weighted by Gasteiger charge is 2.21. The summed E-state index contributed by atoms with van der Waals surface area (Å²) in [6.07, 6.45) is 1.27. The van der Waals surface area contributed by atoms with Crippen molar-refractivity contribution >= 4 is 29.7 Å². The van der Waals surface area contributed by atoms with E-state index in [1.807, 2.05) is 9.80 Å². The summed E-state index contributed by atoms with van der Waals surface area (Å²) < 4.78 is 10.8. The van der Waals surface area contributed by atoms with Gasteiger partial charge in [0.2, 0.25) is 23.6 Å². The van der Waals surface area contributed by atoms with Crippen molar-refractivity contribution in [2.75, 3.05) is 67.8 Å². The molecule has 2 aromatic rings. The summed E-state index contributed by atoms with van der Waals surface area (Å²) in [7, 11) is 0. The number of para-hydroxylation sites is 1. The molecule has 13 nitrogen and oxygen atoms in total. The smallest absolute Gasteiger partial charge is 0.311 e. The maximum absolute atomic E-state index is 11.0. The Morgan fingerprint density at radius 1 is 1.03 bits per heavy atom. The lowest BCUT2D eigenvalue weighted by molar-refractivity contribution is -0.385. The third kappa shape index (κ3) is 4.95. The molecule has 0 unspecified atom stereocenters. The molecule has 2 fully saturated rings. The Morgan fingerprint density at radius 3 is 2.16 bits per heavy atom. The van der Waals surface area contributed by atoms with Crippen LogP contribution in [0.3, 0.4) is 0 Å². The number of anilines is 3. The monoisotopic (exact) mass is 430 g/mol. The lowest BCUT2D eigenvalue weighted by Gasteiger charge is -2.30. The van der Waals surface area contributed by atoms with E-state index in [9.17, 15) is 15.2 Å². The lowest BCUT2D eigenvalue weighted by atomic mass is 10.2. The zero-order valence-corrected chi connectivity index (χ0v) is 16.7. The Kier molecular flexibility index (Phi) is 6.33. The number of nitrogens with one attached hydrogen (secondary N) is 1. The molecule has 0 saturated carbocycles. The van der Waals surface area contributed by atoms with Crippen LogP contribution < -0.4 is 15.2 Å². The quantitative estimate of drug-likeness (QED) is 0.376. The van der Waals surface area contributed by atoms with Gasteiger partial charge in [0.1, 0.15) is 0 Å². The van der Waals surface area contributed by atoms with Crippen molar-refractivity contribution in [1.82, 2.24) is 15.0 Å². The molecule has 2 saturated heterocycles. The van der Waals surface area contributed by atoms with E-state index in [0.29, 0.717) is 64.5 Å². The second-order valence-corrected chi connectivity index (χ2v) is 6.80. The van der Waals surface area contributed by atoms with Gasteiger partial charge in [-0.2, -0.15) is 20.1 Å². The summed E-state index contributed by atoms with van der Waals surface area (Å²) >= 11 is 0. The molecule has 31 heavy (non-hydrogen) atoms. The highest BCUT2D eigenvalue weighted by atomic mass is 16.6. The Labute approximate surface area is 177 Å². The van der Waals surface area contributed by atoms with Gasteiger partial charge in [0, 0.05) is 37.8 Å². The number of morpholine rings is 2. The van der Waals surface area contributed by atoms with E-state index in [-0.39, 0.29) is 11.5 Å². The Bertz CT molecular complexity index is 924. The minimum Gasteiger partial charge on any atom is -0.502 e. The Morgan fingerprint density at radius 2 is 1.61 bits per heavy atom. The standard InChI is InChI=1S/C18H22N8O5/c27-15-13(2-1-3-14(15)26(28)29)12-19-23-16-20-17(24-4-8-30-9-5-24)22-18(21-16)25-6-10-31-11-7-25/h1-3,12,27H,4-11H2,(H,20,21,22,23)/b19-12-. The molecule has 0 aliphatic carbocycles. The fourth-order valence-corrected chi connectivity index (χ4v) is 3.17. The molecule has 0 amide bonds. The van der Waals surface area contributed by atoms with Gasteiger partial charge in [-0.25, -0.2) is 5.43 Å². The van der Waals surface area contributed by atoms with Crippen molar-refractivity contribution in [2.24, 2.45) is 5.10 Å². The van der Waals surface area contributed by atoms with Crippen molar-refractivity contribution in [2.45, 2.75) is 0 Å². The third-order valence-electron chi connectivity index (χ3n) is 4.81. The van der Waals surface area contributed by atoms with E-state index in [4.69, 9.17) is 9.47 Å². The molecule has 13 heteroatoms. The van der Waals surface area contributed by atoms with Gasteiger partial charge in [-0.1, -0.05) is 6.07 Å². The average molecular weight is 430 g/mol. The highest BCUT2D eigenvalue weighted by molar-refractivity contribution is 5.85. The number of nitro benzene ring substituents is 1. The zero-order chi connectivity index (χ0) is 21.6. The topological polar surface area (TPSA) is 151 Å². The number of phenolic OH excluding ortho intramolecular Hbond substituents is 1. The molecule has 0 radical (unpaired) electrons. The van der Waals surface area contributed by atoms with E-state index < -0.39 is 16.4 Å². The highest BCUT2D eigenvalue weighted by Crippen LogP contribution is 2.28. The van der Waals surface area contributed by atoms with Gasteiger partial charge in [-0.3, -0.25) is 10.1 Å². The fraction of sp³-hybridized carbons (Fsp3) is 0.444. The molecule has 1 aromatic heterocycles. The Balaban J connectivity index is 1.57. The summed E-state index contributed by atoms with van der Waals surface area (Å²) in [5.74, 6) is 0.780. The van der Waals surface area contributed by atoms with Crippen LogP contribution in [0.15, 0.2) is 23.3 Å². The molecule has 2 N–H and O–H groups in total. The number of hydrazone groups is 1. The van der Waals surface area contributed by atoms with E-state index in [1.54, 1.807) is 0 Å². The molecule has 164 valence electrons. The summed E-state index contributed by atoms with van der Waals surface area (Å²) in [5.41, 5.74) is 2.54. The van der Waals surface area contributed by atoms with E-state index in [0.717, 1.165) is 0 Å². The molecule has 0 spiro atoms. The number of rotatable bonds is 6. The second-order valence-electron chi connectivity index (χ2n) is 6.80. The molecule has 2 aliphatic rings. The van der Waals surface area contributed by atoms with Crippen LogP contribution in [0.1, 0.15) is 5.56 Å². The number of aromatic nitrogens is 3. The first-order valence-electron chi connectivity index (χ1n) is 9.79. The van der Waals surface area contributed by atoms with Gasteiger partial charge in [0.25, 0.3) is 0 Å². The van der Waals surface area contributed by atoms with Crippen molar-refractivity contribution < 1.29 is 19.5 Å². The molecule has 4 rings (SSSR count). The minimum absolute atomic E-state index is 0.192. The largest absolute Gasteiger partial charge is 0.502 e. The van der Waals surface area contributed by atoms with Gasteiger partial charge in [0.15, 0.2) is 0 Å². The Hall–Kier alpha value is -3.58. The normalized spacial score (nSPS) is 17.2. The van der Waals surface area contributed by atoms with E-state index >= 15 is 0 Å². The molecular weight excluding hydrogens is 408 g/mol. The van der Waals surface area contributed by atoms with Crippen LogP contribution in [0.4, 0.5) is 23.5 Å². The maximum Gasteiger partial charge on any atom is 0.311 e. The van der Waals surface area contributed by atoms with Gasteiger partial charge in [0.05, 0.1) is 37.6 Å². The first-order chi connectivity index (χ1) is 15.1. The number of hydrogen-bond donors (Lipinski definition) is 2. The molecular formula is C18H22N8O5. The van der Waals surface area contributed by atoms with Crippen LogP contribution in [0.5, 0.6) is 5.75 Å². The van der Waals surface area contributed by atoms with Crippen LogP contribution in [-0.4, -0.2) is 83.8 Å². The number of nitrogens with zero attached hydrogens (tertiary/aromatic N) is 7. The summed E-state index contributed by atoms with van der Waals surface area (Å²) in [5, 5.41) is 25.1. The third-order valence-corrected chi connectivity index (χ3v) is 4.81. The molecule has 0 bridgehead atoms. The minimum atomic E-state index is -0.657. The van der Waals surface area contributed by atoms with Gasteiger partial charge in [-0.15, -0.1) is 0 Å². The molecule has 1 aromatic carbocycles. The lowest BCUT2D eigenvalue weighted by Crippen LogP contribution is -2.40. The summed E-state index contributed by atoms with van der Waals surface area (Å²) in [4.78, 5) is 27.8. The molecule has 3 heterocycles. The number of hydrogen-bond acceptors (Lipinski definition) is 12. The molecule has 2 aliphatic heterocycles. The van der Waals surface area contributed by atoms with Crippen molar-refractivity contribution in [3.05, 3.63) is 33.9 Å². The SMILES string of the molecule is O=[N+]([O-])c1cccc(/C=N\Nc2nc(N3CCOCC3)nc(N3CCOCC3)n2)c1O. The first kappa shape index (κ1) is 20.7. The van der Waals surface area contributed by atoms with E-state index in [1.165, 1.54) is 24.4 Å². The fourth-order valence-electron chi connectivity index (χ4n) is 3.17. The van der Waals surface area contributed by atoms with Crippen molar-refractivity contribution in [1.29, 1.82) is 0 Å². The predicted molar refractivity (Wildman–Crippen MR) is 112 cm³/mol. The number of ether oxygens (including phenoxy) is 2. The van der Waals surface area contributed by atoms with Gasteiger partial charge < -0.3 is 24.4 Å². The first-order valence-corrected chi connectivity index (χ1v) is 9.79. The van der Waals surface area contributed by atoms with Crippen molar-refractivity contribution in [3.8, 4) is 5.75 Å². The van der Waals surface area contributed by atoms with Crippen LogP contribution in [-0.2, 0) is 9.47 Å². The number of benzene rings is 1. The second kappa shape index (κ2) is 9.49. The van der Waals surface area contributed by atoms with Crippen LogP contribution in [0.25, 0.3) is 0 Å². The zero-order valence-electron chi connectivity index (χ0n) is 16.7. The number of phenols is 1. The number of nitro groups is 1. The molecule has 0 atom stereocenters. The van der Waals surface area contributed by atoms with Gasteiger partial charge >= 0.3 is 5.69 Å². The average Bonchev–Trinajstić information content (AvgIpc) is 2.81. The van der Waals surface area contributed by atoms with Crippen molar-refractivity contribution in [3.63, 3.8) is 0 Å². The van der Waals surface area contributed by atoms with Crippen LogP contribution >= 0.6 is 0 Å². The summed E-state index contributed by atoms with van der Waals surface area (Å²) in [6.45, 7) is 5.01. The predicted octanol–water partition coefficient (Wildman–Crippen LogP) is 0.605. The number of aromatic hydroxyl groups is 1. The van der Waals surface area contributed by atoms with Crippen LogP contribution in [0.2, 0.25) is 0 Å².